The highest BCUT2D eigenvalue weighted by Gasteiger charge is 2.78. The monoisotopic (exact) mass is 604 g/mol. The quantitative estimate of drug-likeness (QED) is 0.0861. The fourth-order valence-electron chi connectivity index (χ4n) is 4.39. The van der Waals surface area contributed by atoms with Gasteiger partial charge in [-0.2, -0.15) is 26.3 Å². The van der Waals surface area contributed by atoms with Crippen LogP contribution in [0.1, 0.15) is 110 Å². The third-order valence-corrected chi connectivity index (χ3v) is 6.91. The van der Waals surface area contributed by atoms with E-state index in [0.717, 1.165) is 44.2 Å². The van der Waals surface area contributed by atoms with Crippen LogP contribution in [0.15, 0.2) is 18.2 Å². The summed E-state index contributed by atoms with van der Waals surface area (Å²) in [6.45, 7) is 2.64. The maximum Gasteiger partial charge on any atom is 0.393 e. The number of benzene rings is 1. The van der Waals surface area contributed by atoms with Crippen LogP contribution in [0.2, 0.25) is 0 Å². The van der Waals surface area contributed by atoms with Crippen molar-refractivity contribution < 1.29 is 45.0 Å². The lowest BCUT2D eigenvalue weighted by atomic mass is 10.0. The number of alkyl halides is 8. The highest BCUT2D eigenvalue weighted by Crippen LogP contribution is 2.49. The van der Waals surface area contributed by atoms with E-state index < -0.39 is 41.5 Å². The predicted molar refractivity (Wildman–Crippen MR) is 146 cm³/mol. The fourth-order valence-corrected chi connectivity index (χ4v) is 4.39. The Hall–Kier alpha value is -2.27. The molecule has 1 aromatic rings. The zero-order valence-electron chi connectivity index (χ0n) is 23.7. The Bertz CT molecular complexity index is 884. The van der Waals surface area contributed by atoms with Gasteiger partial charge in [-0.25, -0.2) is 8.78 Å². The van der Waals surface area contributed by atoms with E-state index in [4.69, 9.17) is 0 Å². The molecule has 238 valence electrons. The number of amides is 1. The molecule has 0 atom stereocenters. The van der Waals surface area contributed by atoms with Gasteiger partial charge >= 0.3 is 30.1 Å². The average molecular weight is 605 g/mol. The summed E-state index contributed by atoms with van der Waals surface area (Å²) in [4.78, 5) is 11.7. The van der Waals surface area contributed by atoms with Crippen molar-refractivity contribution in [1.82, 2.24) is 0 Å². The minimum Gasteiger partial charge on any atom is -0.508 e. The molecule has 0 radical (unpaired) electrons. The zero-order valence-corrected chi connectivity index (χ0v) is 23.7. The van der Waals surface area contributed by atoms with E-state index in [-0.39, 0.29) is 5.69 Å². The Morgan fingerprint density at radius 2 is 1.12 bits per heavy atom. The lowest BCUT2D eigenvalue weighted by Crippen LogP contribution is -2.61. The van der Waals surface area contributed by atoms with Crippen molar-refractivity contribution in [3.05, 3.63) is 18.2 Å². The molecule has 1 aromatic carbocycles. The number of carbonyl (C=O) groups is 1. The predicted octanol–water partition coefficient (Wildman–Crippen LogP) is 10.2. The van der Waals surface area contributed by atoms with Crippen LogP contribution in [0.5, 0.6) is 5.75 Å². The molecule has 0 saturated carbocycles. The first-order chi connectivity index (χ1) is 19.3. The van der Waals surface area contributed by atoms with Crippen molar-refractivity contribution in [2.75, 3.05) is 17.2 Å². The van der Waals surface area contributed by atoms with E-state index in [1.54, 1.807) is 0 Å². The highest BCUT2D eigenvalue weighted by molar-refractivity contribution is 5.97. The van der Waals surface area contributed by atoms with Crippen LogP contribution in [0.25, 0.3) is 0 Å². The summed E-state index contributed by atoms with van der Waals surface area (Å²) in [5, 5.41) is 14.0. The summed E-state index contributed by atoms with van der Waals surface area (Å²) in [5.74, 6) is -22.7. The van der Waals surface area contributed by atoms with Crippen molar-refractivity contribution in [3.63, 3.8) is 0 Å². The third kappa shape index (κ3) is 12.2. The van der Waals surface area contributed by atoms with E-state index in [0.29, 0.717) is 6.54 Å². The molecular formula is C29H44F8N2O2. The van der Waals surface area contributed by atoms with Gasteiger partial charge in [0.15, 0.2) is 0 Å². The molecule has 0 aliphatic heterocycles. The van der Waals surface area contributed by atoms with Crippen LogP contribution in [-0.2, 0) is 4.79 Å². The molecule has 0 spiro atoms. The number of hydrogen-bond acceptors (Lipinski definition) is 3. The Kier molecular flexibility index (Phi) is 16.4. The van der Waals surface area contributed by atoms with E-state index in [1.165, 1.54) is 82.0 Å². The minimum atomic E-state index is -6.66. The van der Waals surface area contributed by atoms with Gasteiger partial charge in [-0.05, 0) is 12.5 Å². The number of phenolic OH excluding ortho intramolecular Hbond substituents is 1. The van der Waals surface area contributed by atoms with Gasteiger partial charge in [0.1, 0.15) is 5.75 Å². The Morgan fingerprint density at radius 1 is 0.707 bits per heavy atom. The molecule has 0 aliphatic rings. The summed E-state index contributed by atoms with van der Waals surface area (Å²) in [7, 11) is 0. The van der Waals surface area contributed by atoms with Crippen molar-refractivity contribution in [3.8, 4) is 5.75 Å². The average Bonchev–Trinajstić information content (AvgIpc) is 2.89. The number of hydrogen-bond donors (Lipinski definition) is 3. The molecule has 4 nitrogen and oxygen atoms in total. The molecule has 0 unspecified atom stereocenters. The van der Waals surface area contributed by atoms with E-state index >= 15 is 0 Å². The SMILES string of the molecule is CCCCCCCCCCCCCCCCCCNc1cc(O)cc(NC(=O)C(F)(F)C(F)(F)C(F)(F)C(F)F)c1. The van der Waals surface area contributed by atoms with Gasteiger partial charge in [-0.1, -0.05) is 103 Å². The number of aromatic hydroxyl groups is 1. The third-order valence-electron chi connectivity index (χ3n) is 6.91. The Labute approximate surface area is 237 Å². The summed E-state index contributed by atoms with van der Waals surface area (Å²) in [6.07, 6.45) is 14.1. The van der Waals surface area contributed by atoms with Crippen molar-refractivity contribution in [2.24, 2.45) is 0 Å². The van der Waals surface area contributed by atoms with Crippen LogP contribution in [0.3, 0.4) is 0 Å². The van der Waals surface area contributed by atoms with Gasteiger partial charge in [-0.3, -0.25) is 4.79 Å². The second-order valence-electron chi connectivity index (χ2n) is 10.5. The van der Waals surface area contributed by atoms with Gasteiger partial charge in [0.05, 0.1) is 0 Å². The maximum atomic E-state index is 13.8. The number of rotatable bonds is 23. The van der Waals surface area contributed by atoms with Gasteiger partial charge in [-0.15, -0.1) is 0 Å². The fraction of sp³-hybridized carbons (Fsp3) is 0.759. The number of halogens is 8. The lowest BCUT2D eigenvalue weighted by molar-refractivity contribution is -0.326. The van der Waals surface area contributed by atoms with Gasteiger partial charge in [0.2, 0.25) is 0 Å². The van der Waals surface area contributed by atoms with E-state index in [2.05, 4.69) is 12.2 Å². The van der Waals surface area contributed by atoms with Crippen LogP contribution in [-0.4, -0.2) is 41.8 Å². The van der Waals surface area contributed by atoms with Gasteiger partial charge in [0, 0.05) is 30.1 Å². The number of unbranched alkanes of at least 4 members (excludes halogenated alkanes) is 15. The molecule has 12 heteroatoms. The number of anilines is 2. The zero-order chi connectivity index (χ0) is 30.9. The molecule has 3 N–H and O–H groups in total. The number of nitrogens with one attached hydrogen (secondary N) is 2. The first-order valence-electron chi connectivity index (χ1n) is 14.6. The topological polar surface area (TPSA) is 61.4 Å². The van der Waals surface area contributed by atoms with Crippen molar-refractivity contribution >= 4 is 17.3 Å². The van der Waals surface area contributed by atoms with Gasteiger partial charge < -0.3 is 15.7 Å². The largest absolute Gasteiger partial charge is 0.508 e. The van der Waals surface area contributed by atoms with E-state index in [9.17, 15) is 45.0 Å². The van der Waals surface area contributed by atoms with Crippen LogP contribution < -0.4 is 10.6 Å². The second kappa shape index (κ2) is 18.3. The number of carbonyl (C=O) groups excluding carboxylic acids is 1. The maximum absolute atomic E-state index is 13.8. The summed E-state index contributed by atoms with van der Waals surface area (Å²) >= 11 is 0. The highest BCUT2D eigenvalue weighted by atomic mass is 19.4. The first-order valence-corrected chi connectivity index (χ1v) is 14.6. The molecule has 0 heterocycles. The molecule has 0 saturated heterocycles. The second-order valence-corrected chi connectivity index (χ2v) is 10.5. The van der Waals surface area contributed by atoms with Crippen molar-refractivity contribution in [1.29, 1.82) is 0 Å². The summed E-state index contributed by atoms with van der Waals surface area (Å²) in [5.41, 5.74) is -0.463. The summed E-state index contributed by atoms with van der Waals surface area (Å²) in [6, 6.07) is 2.92. The molecule has 1 amide bonds. The van der Waals surface area contributed by atoms with Crippen LogP contribution in [0, 0.1) is 0 Å². The van der Waals surface area contributed by atoms with Crippen LogP contribution >= 0.6 is 0 Å². The Morgan fingerprint density at radius 3 is 1.56 bits per heavy atom. The summed E-state index contributed by atoms with van der Waals surface area (Å²) < 4.78 is 105. The molecule has 0 fully saturated rings. The van der Waals surface area contributed by atoms with Crippen LogP contribution in [0.4, 0.5) is 46.5 Å². The van der Waals surface area contributed by atoms with E-state index in [1.807, 2.05) is 0 Å². The molecule has 0 aliphatic carbocycles. The standard InChI is InChI=1S/C29H44F8N2O2/c1-2-3-4-5-6-7-8-9-10-11-12-13-14-15-16-17-18-38-22-19-23(21-24(40)20-22)39-26(41)28(34,35)29(36,37)27(32,33)25(30)31/h19-21,25,38,40H,2-18H2,1H3,(H,39,41). The smallest absolute Gasteiger partial charge is 0.393 e. The Balaban J connectivity index is 2.31. The normalized spacial score (nSPS) is 12.6. The minimum absolute atomic E-state index is 0.147. The number of phenols is 1. The van der Waals surface area contributed by atoms with Gasteiger partial charge in [0.25, 0.3) is 0 Å². The first kappa shape index (κ1) is 36.8. The van der Waals surface area contributed by atoms with Crippen molar-refractivity contribution in [2.45, 2.75) is 134 Å². The molecule has 41 heavy (non-hydrogen) atoms. The molecular weight excluding hydrogens is 560 g/mol. The lowest BCUT2D eigenvalue weighted by Gasteiger charge is -2.31. The molecule has 0 bridgehead atoms. The molecule has 1 rings (SSSR count). The molecule has 0 aromatic heterocycles.